The van der Waals surface area contributed by atoms with Crippen molar-refractivity contribution in [1.82, 2.24) is 0 Å². The Morgan fingerprint density at radius 3 is 2.58 bits per heavy atom. The average molecular weight is 175 g/mol. The highest BCUT2D eigenvalue weighted by Crippen LogP contribution is 2.19. The predicted molar refractivity (Wildman–Crippen MR) is 36.8 cm³/mol. The second-order valence-corrected chi connectivity index (χ2v) is 2.38. The van der Waals surface area contributed by atoms with E-state index in [1.54, 1.807) is 0 Å². The molecule has 0 bridgehead atoms. The van der Waals surface area contributed by atoms with Crippen molar-refractivity contribution in [1.29, 1.82) is 0 Å². The van der Waals surface area contributed by atoms with Crippen LogP contribution in [0.2, 0.25) is 0 Å². The third kappa shape index (κ3) is 1.21. The average Bonchev–Trinajstić information content (AvgIpc) is 2.32. The number of nitrogens with two attached hydrogens (primary N) is 1. The molecule has 2 unspecified atom stereocenters. The van der Waals surface area contributed by atoms with Gasteiger partial charge in [-0.25, -0.2) is 4.79 Å². The lowest BCUT2D eigenvalue weighted by Gasteiger charge is -2.14. The third-order valence-electron chi connectivity index (χ3n) is 1.54. The van der Waals surface area contributed by atoms with Crippen molar-refractivity contribution in [3.63, 3.8) is 0 Å². The molecule has 0 aromatic rings. The van der Waals surface area contributed by atoms with E-state index in [4.69, 9.17) is 21.1 Å². The van der Waals surface area contributed by atoms with E-state index in [-0.39, 0.29) is 5.70 Å². The van der Waals surface area contributed by atoms with Crippen molar-refractivity contribution in [3.05, 3.63) is 11.5 Å². The summed E-state index contributed by atoms with van der Waals surface area (Å²) >= 11 is 0. The van der Waals surface area contributed by atoms with Crippen LogP contribution in [0.15, 0.2) is 11.5 Å². The van der Waals surface area contributed by atoms with Gasteiger partial charge >= 0.3 is 5.97 Å². The molecule has 0 radical (unpaired) electrons. The minimum atomic E-state index is -1.29. The first-order valence-corrected chi connectivity index (χ1v) is 3.26. The summed E-state index contributed by atoms with van der Waals surface area (Å²) < 4.78 is 4.44. The molecule has 1 heterocycles. The van der Waals surface area contributed by atoms with Crippen LogP contribution in [-0.2, 0) is 9.53 Å². The van der Waals surface area contributed by atoms with E-state index in [0.29, 0.717) is 0 Å². The number of esters is 1. The maximum absolute atomic E-state index is 10.6. The van der Waals surface area contributed by atoms with E-state index in [0.717, 1.165) is 0 Å². The van der Waals surface area contributed by atoms with Crippen LogP contribution in [-0.4, -0.2) is 40.1 Å². The summed E-state index contributed by atoms with van der Waals surface area (Å²) in [6.45, 7) is -0.591. The van der Waals surface area contributed by atoms with Crippen LogP contribution in [0.1, 0.15) is 0 Å². The lowest BCUT2D eigenvalue weighted by Crippen LogP contribution is -2.34. The predicted octanol–water partition coefficient (Wildman–Crippen LogP) is -2.01. The van der Waals surface area contributed by atoms with Gasteiger partial charge in [-0.2, -0.15) is 0 Å². The van der Waals surface area contributed by atoms with Gasteiger partial charge < -0.3 is 25.8 Å². The van der Waals surface area contributed by atoms with E-state index in [9.17, 15) is 4.79 Å². The molecule has 0 fully saturated rings. The van der Waals surface area contributed by atoms with Crippen LogP contribution in [0.5, 0.6) is 0 Å². The summed E-state index contributed by atoms with van der Waals surface area (Å²) in [5.74, 6) is -1.68. The topological polar surface area (TPSA) is 113 Å². The standard InChI is InChI=1S/C6H9NO5/c7-3-4(10)6(11)12-5(3)2(9)1-8/h2,5,8-10H,1,7H2. The van der Waals surface area contributed by atoms with E-state index >= 15 is 0 Å². The highest BCUT2D eigenvalue weighted by atomic mass is 16.6. The first-order chi connectivity index (χ1) is 5.57. The molecule has 0 saturated heterocycles. The van der Waals surface area contributed by atoms with Gasteiger partial charge in [0.15, 0.2) is 6.10 Å². The van der Waals surface area contributed by atoms with Gasteiger partial charge in [-0.15, -0.1) is 0 Å². The van der Waals surface area contributed by atoms with Crippen LogP contribution in [0.4, 0.5) is 0 Å². The monoisotopic (exact) mass is 175 g/mol. The largest absolute Gasteiger partial charge is 0.501 e. The van der Waals surface area contributed by atoms with Gasteiger partial charge in [0.1, 0.15) is 11.8 Å². The lowest BCUT2D eigenvalue weighted by atomic mass is 10.1. The number of hydrogen-bond donors (Lipinski definition) is 4. The Labute approximate surface area is 67.9 Å². The zero-order valence-electron chi connectivity index (χ0n) is 6.10. The molecular formula is C6H9NO5. The zero-order chi connectivity index (χ0) is 9.30. The highest BCUT2D eigenvalue weighted by Gasteiger charge is 2.36. The third-order valence-corrected chi connectivity index (χ3v) is 1.54. The number of ether oxygens (including phenoxy) is 1. The van der Waals surface area contributed by atoms with Gasteiger partial charge in [-0.1, -0.05) is 0 Å². The van der Waals surface area contributed by atoms with Crippen molar-refractivity contribution < 1.29 is 24.9 Å². The Bertz CT molecular complexity index is 236. The maximum atomic E-state index is 10.6. The number of cyclic esters (lactones) is 1. The minimum absolute atomic E-state index is 0.249. The molecule has 0 amide bonds. The molecule has 1 rings (SSSR count). The number of aliphatic hydroxyl groups excluding tert-OH is 3. The second kappa shape index (κ2) is 3.00. The number of hydrogen-bond acceptors (Lipinski definition) is 6. The molecule has 0 aliphatic carbocycles. The quantitative estimate of drug-likeness (QED) is 0.361. The molecule has 0 aromatic heterocycles. The van der Waals surface area contributed by atoms with Gasteiger partial charge in [-0.3, -0.25) is 0 Å². The number of aliphatic hydroxyl groups is 3. The number of carbonyl (C=O) groups excluding carboxylic acids is 1. The smallest absolute Gasteiger partial charge is 0.376 e. The molecule has 6 nitrogen and oxygen atoms in total. The van der Waals surface area contributed by atoms with Crippen molar-refractivity contribution in [2.45, 2.75) is 12.2 Å². The van der Waals surface area contributed by atoms with Gasteiger partial charge in [0.2, 0.25) is 5.76 Å². The Morgan fingerprint density at radius 1 is 1.67 bits per heavy atom. The van der Waals surface area contributed by atoms with Crippen molar-refractivity contribution >= 4 is 5.97 Å². The molecule has 6 heteroatoms. The summed E-state index contributed by atoms with van der Waals surface area (Å²) in [5, 5.41) is 26.4. The van der Waals surface area contributed by atoms with Crippen LogP contribution < -0.4 is 5.73 Å². The van der Waals surface area contributed by atoms with E-state index in [2.05, 4.69) is 4.74 Å². The van der Waals surface area contributed by atoms with Gasteiger partial charge in [0.05, 0.1) is 6.61 Å². The normalized spacial score (nSPS) is 25.8. The molecule has 0 aromatic carbocycles. The SMILES string of the molecule is NC1=C(O)C(=O)OC1C(O)CO. The summed E-state index contributed by atoms with van der Waals surface area (Å²) in [5.41, 5.74) is 4.95. The van der Waals surface area contributed by atoms with E-state index < -0.39 is 30.5 Å². The molecule has 68 valence electrons. The van der Waals surface area contributed by atoms with Crippen LogP contribution in [0.3, 0.4) is 0 Å². The number of rotatable bonds is 2. The molecule has 0 saturated carbocycles. The van der Waals surface area contributed by atoms with E-state index in [1.165, 1.54) is 0 Å². The van der Waals surface area contributed by atoms with Gasteiger partial charge in [0, 0.05) is 0 Å². The summed E-state index contributed by atoms with van der Waals surface area (Å²) in [6, 6.07) is 0. The fourth-order valence-corrected chi connectivity index (χ4v) is 0.869. The zero-order valence-corrected chi connectivity index (χ0v) is 6.10. The molecule has 2 atom stereocenters. The molecule has 0 spiro atoms. The maximum Gasteiger partial charge on any atom is 0.376 e. The highest BCUT2D eigenvalue weighted by molar-refractivity contribution is 5.89. The van der Waals surface area contributed by atoms with E-state index in [1.807, 2.05) is 0 Å². The number of carbonyl (C=O) groups is 1. The van der Waals surface area contributed by atoms with Gasteiger partial charge in [-0.05, 0) is 0 Å². The first-order valence-electron chi connectivity index (χ1n) is 3.26. The molecule has 1 aliphatic heterocycles. The van der Waals surface area contributed by atoms with Crippen LogP contribution >= 0.6 is 0 Å². The lowest BCUT2D eigenvalue weighted by molar-refractivity contribution is -0.147. The summed E-state index contributed by atoms with van der Waals surface area (Å²) in [7, 11) is 0. The van der Waals surface area contributed by atoms with Gasteiger partial charge in [0.25, 0.3) is 0 Å². The van der Waals surface area contributed by atoms with Crippen molar-refractivity contribution in [3.8, 4) is 0 Å². The molecule has 1 aliphatic rings. The molecule has 5 N–H and O–H groups in total. The minimum Gasteiger partial charge on any atom is -0.501 e. The van der Waals surface area contributed by atoms with Crippen molar-refractivity contribution in [2.75, 3.05) is 6.61 Å². The molecular weight excluding hydrogens is 166 g/mol. The Kier molecular flexibility index (Phi) is 2.20. The second-order valence-electron chi connectivity index (χ2n) is 2.38. The Morgan fingerprint density at radius 2 is 2.25 bits per heavy atom. The fraction of sp³-hybridized carbons (Fsp3) is 0.500. The molecule has 12 heavy (non-hydrogen) atoms. The fourth-order valence-electron chi connectivity index (χ4n) is 0.869. The Hall–Kier alpha value is -1.27. The summed E-state index contributed by atoms with van der Waals surface area (Å²) in [6.07, 6.45) is -2.43. The van der Waals surface area contributed by atoms with Crippen molar-refractivity contribution in [2.24, 2.45) is 5.73 Å². The van der Waals surface area contributed by atoms with Crippen LogP contribution in [0.25, 0.3) is 0 Å². The van der Waals surface area contributed by atoms with Crippen LogP contribution in [0, 0.1) is 0 Å². The Balaban J connectivity index is 2.80. The summed E-state index contributed by atoms with van der Waals surface area (Å²) in [4.78, 5) is 10.6. The first kappa shape index (κ1) is 8.82.